The van der Waals surface area contributed by atoms with Crippen LogP contribution in [0.1, 0.15) is 51.6 Å². The predicted octanol–water partition coefficient (Wildman–Crippen LogP) is 4.13. The van der Waals surface area contributed by atoms with Crippen LogP contribution in [0, 0.1) is 11.6 Å². The zero-order valence-electron chi connectivity index (χ0n) is 13.5. The summed E-state index contributed by atoms with van der Waals surface area (Å²) in [7, 11) is 0. The summed E-state index contributed by atoms with van der Waals surface area (Å²) in [6.45, 7) is 9.75. The first-order chi connectivity index (χ1) is 10.1. The van der Waals surface area contributed by atoms with Gasteiger partial charge in [-0.15, -0.1) is 0 Å². The highest BCUT2D eigenvalue weighted by molar-refractivity contribution is 5.23. The molecule has 0 aliphatic heterocycles. The van der Waals surface area contributed by atoms with Gasteiger partial charge in [0.1, 0.15) is 0 Å². The summed E-state index contributed by atoms with van der Waals surface area (Å²) in [5.74, 6) is -1.50. The van der Waals surface area contributed by atoms with Gasteiger partial charge < -0.3 is 10.2 Å². The summed E-state index contributed by atoms with van der Waals surface area (Å²) in [5.41, 5.74) is 0.429. The first-order valence-electron chi connectivity index (χ1n) is 8.03. The second-order valence-corrected chi connectivity index (χ2v) is 5.40. The lowest BCUT2D eigenvalue weighted by atomic mass is 10.0. The van der Waals surface area contributed by atoms with Gasteiger partial charge >= 0.3 is 0 Å². The number of nitrogens with one attached hydrogen (secondary N) is 1. The first-order valence-corrected chi connectivity index (χ1v) is 8.03. The fourth-order valence-electron chi connectivity index (χ4n) is 2.40. The molecule has 0 aromatic heterocycles. The van der Waals surface area contributed by atoms with Crippen LogP contribution in [0.2, 0.25) is 0 Å². The van der Waals surface area contributed by atoms with E-state index in [-0.39, 0.29) is 6.04 Å². The lowest BCUT2D eigenvalue weighted by Gasteiger charge is -2.28. The first kappa shape index (κ1) is 18.1. The minimum atomic E-state index is -0.771. The number of rotatable bonds is 10. The quantitative estimate of drug-likeness (QED) is 0.699. The fraction of sp³-hybridized carbons (Fsp3) is 0.647. The van der Waals surface area contributed by atoms with Crippen molar-refractivity contribution in [3.8, 4) is 0 Å². The van der Waals surface area contributed by atoms with E-state index < -0.39 is 11.6 Å². The molecule has 0 fully saturated rings. The number of benzene rings is 1. The third-order valence-electron chi connectivity index (χ3n) is 3.71. The lowest BCUT2D eigenvalue weighted by molar-refractivity contribution is 0.247. The maximum Gasteiger partial charge on any atom is 0.163 e. The van der Waals surface area contributed by atoms with Crippen LogP contribution < -0.4 is 5.32 Å². The minimum absolute atomic E-state index is 0.169. The van der Waals surface area contributed by atoms with Crippen molar-refractivity contribution in [1.29, 1.82) is 0 Å². The third kappa shape index (κ3) is 5.71. The topological polar surface area (TPSA) is 15.3 Å². The summed E-state index contributed by atoms with van der Waals surface area (Å²) in [4.78, 5) is 2.29. The smallest absolute Gasteiger partial charge is 0.163 e. The molecule has 4 heteroatoms. The SMILES string of the molecule is CCCCN(CC)CC(NCCC)c1cccc(F)c1F. The van der Waals surface area contributed by atoms with Gasteiger partial charge in [-0.3, -0.25) is 0 Å². The summed E-state index contributed by atoms with van der Waals surface area (Å²) in [5, 5.41) is 3.35. The van der Waals surface area contributed by atoms with E-state index in [9.17, 15) is 8.78 Å². The van der Waals surface area contributed by atoms with Crippen LogP contribution >= 0.6 is 0 Å². The molecular weight excluding hydrogens is 270 g/mol. The van der Waals surface area contributed by atoms with E-state index >= 15 is 0 Å². The summed E-state index contributed by atoms with van der Waals surface area (Å²) < 4.78 is 27.5. The molecule has 0 heterocycles. The summed E-state index contributed by atoms with van der Waals surface area (Å²) >= 11 is 0. The van der Waals surface area contributed by atoms with Crippen molar-refractivity contribution in [1.82, 2.24) is 10.2 Å². The van der Waals surface area contributed by atoms with Crippen LogP contribution in [0.25, 0.3) is 0 Å². The van der Waals surface area contributed by atoms with Crippen LogP contribution in [0.4, 0.5) is 8.78 Å². The second-order valence-electron chi connectivity index (χ2n) is 5.40. The van der Waals surface area contributed by atoms with Gasteiger partial charge in [-0.05, 0) is 38.5 Å². The average Bonchev–Trinajstić information content (AvgIpc) is 2.50. The number of unbranched alkanes of at least 4 members (excludes halogenated alkanes) is 1. The molecule has 1 N–H and O–H groups in total. The normalized spacial score (nSPS) is 12.9. The Bertz CT molecular complexity index is 410. The van der Waals surface area contributed by atoms with E-state index in [4.69, 9.17) is 0 Å². The molecule has 1 aromatic rings. The maximum absolute atomic E-state index is 14.1. The standard InChI is InChI=1S/C17H28F2N2/c1-4-7-12-21(6-3)13-16(20-11-5-2)14-9-8-10-15(18)17(14)19/h8-10,16,20H,4-7,11-13H2,1-3H3. The molecule has 0 amide bonds. The highest BCUT2D eigenvalue weighted by atomic mass is 19.2. The number of halogens is 2. The second kappa shape index (κ2) is 9.85. The van der Waals surface area contributed by atoms with E-state index in [1.54, 1.807) is 12.1 Å². The number of hydrogen-bond acceptors (Lipinski definition) is 2. The molecule has 120 valence electrons. The molecule has 1 unspecified atom stereocenters. The van der Waals surface area contributed by atoms with E-state index in [0.29, 0.717) is 12.1 Å². The average molecular weight is 298 g/mol. The van der Waals surface area contributed by atoms with Gasteiger partial charge in [0.25, 0.3) is 0 Å². The van der Waals surface area contributed by atoms with Crippen LogP contribution in [0.3, 0.4) is 0 Å². The molecule has 0 aliphatic carbocycles. The van der Waals surface area contributed by atoms with Gasteiger partial charge in [-0.2, -0.15) is 0 Å². The fourth-order valence-corrected chi connectivity index (χ4v) is 2.40. The summed E-state index contributed by atoms with van der Waals surface area (Å²) in [6.07, 6.45) is 3.23. The molecular formula is C17H28F2N2. The number of hydrogen-bond donors (Lipinski definition) is 1. The van der Waals surface area contributed by atoms with Crippen LogP contribution in [0.15, 0.2) is 18.2 Å². The highest BCUT2D eigenvalue weighted by Crippen LogP contribution is 2.20. The van der Waals surface area contributed by atoms with Crippen molar-refractivity contribution in [3.63, 3.8) is 0 Å². The molecule has 1 aromatic carbocycles. The van der Waals surface area contributed by atoms with Crippen molar-refractivity contribution in [2.75, 3.05) is 26.2 Å². The number of likely N-dealkylation sites (N-methyl/N-ethyl adjacent to an activating group) is 1. The number of nitrogens with zero attached hydrogens (tertiary/aromatic N) is 1. The molecule has 0 aliphatic rings. The molecule has 0 bridgehead atoms. The summed E-state index contributed by atoms with van der Waals surface area (Å²) in [6, 6.07) is 4.26. The monoisotopic (exact) mass is 298 g/mol. The Morgan fingerprint density at radius 3 is 2.52 bits per heavy atom. The van der Waals surface area contributed by atoms with Gasteiger partial charge in [0.2, 0.25) is 0 Å². The molecule has 0 saturated heterocycles. The Labute approximate surface area is 127 Å². The molecule has 1 rings (SSSR count). The van der Waals surface area contributed by atoms with Crippen LogP contribution in [-0.2, 0) is 0 Å². The molecule has 0 saturated carbocycles. The van der Waals surface area contributed by atoms with Gasteiger partial charge in [-0.25, -0.2) is 8.78 Å². The van der Waals surface area contributed by atoms with Gasteiger partial charge in [0.05, 0.1) is 0 Å². The van der Waals surface area contributed by atoms with E-state index in [1.807, 2.05) is 0 Å². The Hall–Kier alpha value is -1.00. The largest absolute Gasteiger partial charge is 0.309 e. The molecule has 2 nitrogen and oxygen atoms in total. The van der Waals surface area contributed by atoms with E-state index in [1.165, 1.54) is 6.07 Å². The van der Waals surface area contributed by atoms with Gasteiger partial charge in [0.15, 0.2) is 11.6 Å². The van der Waals surface area contributed by atoms with Gasteiger partial charge in [-0.1, -0.05) is 39.3 Å². The highest BCUT2D eigenvalue weighted by Gasteiger charge is 2.19. The van der Waals surface area contributed by atoms with Gasteiger partial charge in [0, 0.05) is 18.2 Å². The minimum Gasteiger partial charge on any atom is -0.309 e. The zero-order chi connectivity index (χ0) is 15.7. The maximum atomic E-state index is 14.1. The Kier molecular flexibility index (Phi) is 8.47. The van der Waals surface area contributed by atoms with Crippen molar-refractivity contribution in [2.24, 2.45) is 0 Å². The molecule has 21 heavy (non-hydrogen) atoms. The molecule has 0 radical (unpaired) electrons. The van der Waals surface area contributed by atoms with Crippen molar-refractivity contribution < 1.29 is 8.78 Å². The Morgan fingerprint density at radius 2 is 1.90 bits per heavy atom. The Balaban J connectivity index is 2.85. The van der Waals surface area contributed by atoms with E-state index in [2.05, 4.69) is 31.0 Å². The lowest BCUT2D eigenvalue weighted by Crippen LogP contribution is -2.36. The predicted molar refractivity (Wildman–Crippen MR) is 84.4 cm³/mol. The Morgan fingerprint density at radius 1 is 1.14 bits per heavy atom. The zero-order valence-corrected chi connectivity index (χ0v) is 13.5. The van der Waals surface area contributed by atoms with Crippen LogP contribution in [-0.4, -0.2) is 31.1 Å². The van der Waals surface area contributed by atoms with E-state index in [0.717, 1.165) is 38.9 Å². The molecule has 1 atom stereocenters. The molecule has 0 spiro atoms. The van der Waals surface area contributed by atoms with Crippen molar-refractivity contribution in [2.45, 2.75) is 46.1 Å². The third-order valence-corrected chi connectivity index (χ3v) is 3.71. The van der Waals surface area contributed by atoms with Crippen molar-refractivity contribution in [3.05, 3.63) is 35.4 Å². The van der Waals surface area contributed by atoms with Crippen LogP contribution in [0.5, 0.6) is 0 Å². The van der Waals surface area contributed by atoms with Crippen molar-refractivity contribution >= 4 is 0 Å².